The molecule has 1 atom stereocenters. The second-order valence-corrected chi connectivity index (χ2v) is 7.34. The van der Waals surface area contributed by atoms with Gasteiger partial charge in [-0.25, -0.2) is 4.39 Å². The van der Waals surface area contributed by atoms with E-state index in [1.807, 2.05) is 24.1 Å². The first-order chi connectivity index (χ1) is 9.04. The van der Waals surface area contributed by atoms with Crippen LogP contribution in [-0.4, -0.2) is 13.6 Å². The first kappa shape index (κ1) is 15.0. The molecule has 1 aromatic heterocycles. The van der Waals surface area contributed by atoms with Crippen LogP contribution in [-0.2, 0) is 0 Å². The van der Waals surface area contributed by atoms with E-state index < -0.39 is 0 Å². The number of para-hydroxylation sites is 1. The molecule has 6 heteroatoms. The van der Waals surface area contributed by atoms with Crippen LogP contribution in [0.3, 0.4) is 0 Å². The summed E-state index contributed by atoms with van der Waals surface area (Å²) in [5.74, 6) is -0.238. The van der Waals surface area contributed by atoms with Gasteiger partial charge < -0.3 is 10.6 Å². The Morgan fingerprint density at radius 2 is 2.05 bits per heavy atom. The van der Waals surface area contributed by atoms with Crippen molar-refractivity contribution in [1.29, 1.82) is 0 Å². The van der Waals surface area contributed by atoms with E-state index in [1.54, 1.807) is 23.5 Å². The van der Waals surface area contributed by atoms with E-state index in [9.17, 15) is 4.39 Å². The van der Waals surface area contributed by atoms with Crippen LogP contribution < -0.4 is 10.6 Å². The fraction of sp³-hybridized carbons (Fsp3) is 0.231. The first-order valence-electron chi connectivity index (χ1n) is 5.66. The van der Waals surface area contributed by atoms with E-state index in [-0.39, 0.29) is 11.9 Å². The van der Waals surface area contributed by atoms with Crippen LogP contribution in [0.25, 0.3) is 0 Å². The van der Waals surface area contributed by atoms with Gasteiger partial charge in [-0.15, -0.1) is 11.3 Å². The second kappa shape index (κ2) is 6.35. The number of thiophene rings is 1. The minimum Gasteiger partial charge on any atom is -0.363 e. The lowest BCUT2D eigenvalue weighted by Crippen LogP contribution is -2.30. The number of nitrogens with two attached hydrogens (primary N) is 1. The van der Waals surface area contributed by atoms with Crippen molar-refractivity contribution in [1.82, 2.24) is 0 Å². The van der Waals surface area contributed by atoms with E-state index >= 15 is 0 Å². The van der Waals surface area contributed by atoms with Crippen LogP contribution in [0.2, 0.25) is 0 Å². The van der Waals surface area contributed by atoms with Crippen molar-refractivity contribution in [2.45, 2.75) is 6.04 Å². The molecule has 0 bridgehead atoms. The first-order valence-corrected chi connectivity index (χ1v) is 8.07. The number of halogens is 3. The maximum absolute atomic E-state index is 13.8. The molecule has 1 aromatic carbocycles. The second-order valence-electron chi connectivity index (χ2n) is 4.08. The van der Waals surface area contributed by atoms with Crippen LogP contribution in [0.1, 0.15) is 10.9 Å². The topological polar surface area (TPSA) is 29.3 Å². The van der Waals surface area contributed by atoms with Crippen LogP contribution in [0.5, 0.6) is 0 Å². The molecule has 0 aliphatic carbocycles. The molecule has 2 nitrogen and oxygen atoms in total. The Labute approximate surface area is 132 Å². The number of rotatable bonds is 4. The smallest absolute Gasteiger partial charge is 0.146 e. The molecular formula is C13H13Br2FN2S. The fourth-order valence-electron chi connectivity index (χ4n) is 1.90. The molecular weight excluding hydrogens is 395 g/mol. The number of benzene rings is 1. The third-order valence-electron chi connectivity index (χ3n) is 2.92. The average molecular weight is 408 g/mol. The highest BCUT2D eigenvalue weighted by Crippen LogP contribution is 2.38. The van der Waals surface area contributed by atoms with Gasteiger partial charge in [-0.3, -0.25) is 0 Å². The number of hydrogen-bond donors (Lipinski definition) is 1. The molecule has 2 N–H and O–H groups in total. The summed E-state index contributed by atoms with van der Waals surface area (Å²) in [5, 5.41) is 0. The molecule has 102 valence electrons. The van der Waals surface area contributed by atoms with Crippen molar-refractivity contribution >= 4 is 48.9 Å². The van der Waals surface area contributed by atoms with Gasteiger partial charge in [-0.05, 0) is 50.1 Å². The van der Waals surface area contributed by atoms with Crippen molar-refractivity contribution in [2.75, 3.05) is 18.5 Å². The van der Waals surface area contributed by atoms with Crippen molar-refractivity contribution in [3.8, 4) is 0 Å². The van der Waals surface area contributed by atoms with Crippen LogP contribution >= 0.6 is 43.2 Å². The molecule has 0 spiro atoms. The van der Waals surface area contributed by atoms with Gasteiger partial charge in [0.25, 0.3) is 0 Å². The van der Waals surface area contributed by atoms with E-state index in [4.69, 9.17) is 5.73 Å². The van der Waals surface area contributed by atoms with Crippen LogP contribution in [0.15, 0.2) is 38.6 Å². The predicted molar refractivity (Wildman–Crippen MR) is 86.3 cm³/mol. The third kappa shape index (κ3) is 3.18. The maximum atomic E-state index is 13.8. The van der Waals surface area contributed by atoms with Gasteiger partial charge >= 0.3 is 0 Å². The summed E-state index contributed by atoms with van der Waals surface area (Å²) in [6, 6.07) is 8.69. The Morgan fingerprint density at radius 3 is 2.58 bits per heavy atom. The fourth-order valence-corrected chi connectivity index (χ4v) is 4.14. The Hall–Kier alpha value is -0.430. The SMILES string of the molecule is CN(c1ccccc1F)C(CN)c1cc(Br)c(Br)s1. The van der Waals surface area contributed by atoms with Crippen LogP contribution in [0.4, 0.5) is 10.1 Å². The molecule has 0 radical (unpaired) electrons. The molecule has 0 fully saturated rings. The van der Waals surface area contributed by atoms with E-state index in [2.05, 4.69) is 31.9 Å². The van der Waals surface area contributed by atoms with Gasteiger partial charge in [0.1, 0.15) is 5.82 Å². The number of nitrogens with zero attached hydrogens (tertiary/aromatic N) is 1. The molecule has 0 aliphatic heterocycles. The molecule has 0 aliphatic rings. The zero-order chi connectivity index (χ0) is 14.0. The molecule has 19 heavy (non-hydrogen) atoms. The zero-order valence-corrected chi connectivity index (χ0v) is 14.2. The summed E-state index contributed by atoms with van der Waals surface area (Å²) >= 11 is 8.54. The summed E-state index contributed by atoms with van der Waals surface area (Å²) in [6.45, 7) is 0.421. The van der Waals surface area contributed by atoms with Gasteiger partial charge in [0.2, 0.25) is 0 Å². The summed E-state index contributed by atoms with van der Waals surface area (Å²) in [4.78, 5) is 2.96. The maximum Gasteiger partial charge on any atom is 0.146 e. The Balaban J connectivity index is 2.34. The van der Waals surface area contributed by atoms with Gasteiger partial charge in [-0.2, -0.15) is 0 Å². The van der Waals surface area contributed by atoms with E-state index in [1.165, 1.54) is 6.07 Å². The predicted octanol–water partition coefficient (Wildman–Crippen LogP) is 4.55. The zero-order valence-electron chi connectivity index (χ0n) is 10.2. The summed E-state index contributed by atoms with van der Waals surface area (Å²) in [5.41, 5.74) is 6.42. The van der Waals surface area contributed by atoms with Gasteiger partial charge in [0.05, 0.1) is 15.5 Å². The molecule has 0 saturated heterocycles. The van der Waals surface area contributed by atoms with Gasteiger partial charge in [-0.1, -0.05) is 12.1 Å². The third-order valence-corrected chi connectivity index (χ3v) is 6.27. The van der Waals surface area contributed by atoms with Crippen molar-refractivity contribution in [3.63, 3.8) is 0 Å². The lowest BCUT2D eigenvalue weighted by molar-refractivity contribution is 0.605. The molecule has 0 saturated carbocycles. The summed E-state index contributed by atoms with van der Waals surface area (Å²) in [6.07, 6.45) is 0. The Morgan fingerprint density at radius 1 is 1.37 bits per heavy atom. The number of anilines is 1. The molecule has 1 unspecified atom stereocenters. The van der Waals surface area contributed by atoms with E-state index in [0.717, 1.165) is 13.1 Å². The normalized spacial score (nSPS) is 12.5. The summed E-state index contributed by atoms with van der Waals surface area (Å²) < 4.78 is 15.8. The standard InChI is InChI=1S/C13H13Br2FN2S/c1-18(10-5-3-2-4-9(10)16)11(7-17)12-6-8(14)13(15)19-12/h2-6,11H,7,17H2,1H3. The average Bonchev–Trinajstić information content (AvgIpc) is 2.70. The number of hydrogen-bond acceptors (Lipinski definition) is 3. The van der Waals surface area contributed by atoms with Crippen molar-refractivity contribution in [3.05, 3.63) is 49.3 Å². The Kier molecular flexibility index (Phi) is 5.00. The lowest BCUT2D eigenvalue weighted by Gasteiger charge is -2.28. The Bertz CT molecular complexity index is 554. The number of likely N-dealkylation sites (N-methyl/N-ethyl adjacent to an activating group) is 1. The minimum absolute atomic E-state index is 0.0514. The van der Waals surface area contributed by atoms with Crippen molar-refractivity contribution < 1.29 is 4.39 Å². The highest BCUT2D eigenvalue weighted by atomic mass is 79.9. The molecule has 2 aromatic rings. The summed E-state index contributed by atoms with van der Waals surface area (Å²) in [7, 11) is 1.86. The van der Waals surface area contributed by atoms with Gasteiger partial charge in [0, 0.05) is 22.9 Å². The largest absolute Gasteiger partial charge is 0.363 e. The highest BCUT2D eigenvalue weighted by Gasteiger charge is 2.21. The molecule has 1 heterocycles. The van der Waals surface area contributed by atoms with Crippen molar-refractivity contribution in [2.24, 2.45) is 5.73 Å². The monoisotopic (exact) mass is 406 g/mol. The van der Waals surface area contributed by atoms with Gasteiger partial charge in [0.15, 0.2) is 0 Å². The molecule has 0 amide bonds. The quantitative estimate of drug-likeness (QED) is 0.805. The highest BCUT2D eigenvalue weighted by molar-refractivity contribution is 9.13. The van der Waals surface area contributed by atoms with Crippen LogP contribution in [0, 0.1) is 5.82 Å². The lowest BCUT2D eigenvalue weighted by atomic mass is 10.2. The minimum atomic E-state index is -0.238. The van der Waals surface area contributed by atoms with E-state index in [0.29, 0.717) is 12.2 Å². The molecule has 2 rings (SSSR count).